The lowest BCUT2D eigenvalue weighted by Crippen LogP contribution is -2.45. The minimum absolute atomic E-state index is 0.444. The number of hydrogen-bond acceptors (Lipinski definition) is 2. The number of rotatable bonds is 4. The van der Waals surface area contributed by atoms with E-state index < -0.39 is 0 Å². The summed E-state index contributed by atoms with van der Waals surface area (Å²) < 4.78 is 0. The number of hydrogen-bond donors (Lipinski definition) is 1. The average molecular weight is 252 g/mol. The van der Waals surface area contributed by atoms with Gasteiger partial charge in [-0.05, 0) is 44.7 Å². The van der Waals surface area contributed by atoms with Crippen LogP contribution in [0.25, 0.3) is 0 Å². The molecule has 2 rings (SSSR count). The quantitative estimate of drug-likeness (QED) is 0.775. The molecule has 0 unspecified atom stereocenters. The van der Waals surface area contributed by atoms with Gasteiger partial charge in [0.1, 0.15) is 0 Å². The molecule has 0 amide bonds. The van der Waals surface area contributed by atoms with Gasteiger partial charge in [-0.3, -0.25) is 0 Å². The third kappa shape index (κ3) is 3.71. The fraction of sp³-hybridized carbons (Fsp3) is 1.00. The fourth-order valence-corrected chi connectivity index (χ4v) is 4.09. The predicted octanol–water partition coefficient (Wildman–Crippen LogP) is 3.55. The van der Waals surface area contributed by atoms with Crippen molar-refractivity contribution in [2.24, 2.45) is 11.1 Å². The van der Waals surface area contributed by atoms with Gasteiger partial charge >= 0.3 is 0 Å². The van der Waals surface area contributed by atoms with Crippen LogP contribution in [0.3, 0.4) is 0 Å². The monoisotopic (exact) mass is 252 g/mol. The van der Waals surface area contributed by atoms with Gasteiger partial charge in [0, 0.05) is 12.6 Å². The second-order valence-corrected chi connectivity index (χ2v) is 6.83. The van der Waals surface area contributed by atoms with E-state index in [0.29, 0.717) is 5.41 Å². The summed E-state index contributed by atoms with van der Waals surface area (Å²) >= 11 is 0. The van der Waals surface area contributed by atoms with E-state index in [1.54, 1.807) is 0 Å². The maximum absolute atomic E-state index is 6.12. The van der Waals surface area contributed by atoms with Crippen LogP contribution in [0.15, 0.2) is 0 Å². The van der Waals surface area contributed by atoms with Gasteiger partial charge in [-0.15, -0.1) is 0 Å². The van der Waals surface area contributed by atoms with E-state index in [9.17, 15) is 0 Å². The molecule has 2 aliphatic carbocycles. The third-order valence-electron chi connectivity index (χ3n) is 5.38. The van der Waals surface area contributed by atoms with Crippen molar-refractivity contribution in [1.29, 1.82) is 0 Å². The third-order valence-corrected chi connectivity index (χ3v) is 5.38. The largest absolute Gasteiger partial charge is 0.330 e. The van der Waals surface area contributed by atoms with E-state index in [0.717, 1.165) is 12.6 Å². The van der Waals surface area contributed by atoms with E-state index in [1.807, 2.05) is 0 Å². The summed E-state index contributed by atoms with van der Waals surface area (Å²) in [7, 11) is 2.35. The molecule has 0 saturated heterocycles. The first-order valence-corrected chi connectivity index (χ1v) is 8.16. The maximum atomic E-state index is 6.12. The van der Waals surface area contributed by atoms with Crippen LogP contribution >= 0.6 is 0 Å². The Morgan fingerprint density at radius 2 is 1.50 bits per heavy atom. The molecule has 0 aromatic heterocycles. The molecule has 106 valence electrons. The van der Waals surface area contributed by atoms with Gasteiger partial charge in [-0.2, -0.15) is 0 Å². The topological polar surface area (TPSA) is 29.3 Å². The minimum atomic E-state index is 0.444. The fourth-order valence-electron chi connectivity index (χ4n) is 4.09. The smallest absolute Gasteiger partial charge is 0.00924 e. The van der Waals surface area contributed by atoms with E-state index in [1.165, 1.54) is 77.2 Å². The summed E-state index contributed by atoms with van der Waals surface area (Å²) in [5.74, 6) is 0. The molecule has 2 saturated carbocycles. The van der Waals surface area contributed by atoms with Crippen LogP contribution in [0.2, 0.25) is 0 Å². The van der Waals surface area contributed by atoms with Gasteiger partial charge in [0.2, 0.25) is 0 Å². The summed E-state index contributed by atoms with van der Waals surface area (Å²) in [4.78, 5) is 2.66. The van der Waals surface area contributed by atoms with Crippen LogP contribution < -0.4 is 5.73 Å². The van der Waals surface area contributed by atoms with E-state index in [2.05, 4.69) is 11.9 Å². The lowest BCUT2D eigenvalue weighted by Gasteiger charge is -2.41. The van der Waals surface area contributed by atoms with E-state index in [-0.39, 0.29) is 0 Å². The zero-order valence-corrected chi connectivity index (χ0v) is 12.3. The summed E-state index contributed by atoms with van der Waals surface area (Å²) in [5.41, 5.74) is 6.56. The molecule has 0 aliphatic heterocycles. The van der Waals surface area contributed by atoms with Crippen LogP contribution in [0.5, 0.6) is 0 Å². The van der Waals surface area contributed by atoms with Crippen molar-refractivity contribution < 1.29 is 0 Å². The van der Waals surface area contributed by atoms with Crippen LogP contribution in [0.1, 0.15) is 70.6 Å². The van der Waals surface area contributed by atoms with Crippen molar-refractivity contribution in [3.05, 3.63) is 0 Å². The molecular formula is C16H32N2. The standard InChI is InChI=1S/C16H32N2/c1-18(15-9-5-2-3-6-10-15)14-16(13-17)11-7-4-8-12-16/h15H,2-14,17H2,1H3. The predicted molar refractivity (Wildman–Crippen MR) is 78.7 cm³/mol. The highest BCUT2D eigenvalue weighted by Crippen LogP contribution is 2.37. The SMILES string of the molecule is CN(CC1(CN)CCCCC1)C1CCCCCC1. The maximum Gasteiger partial charge on any atom is 0.00924 e. The molecule has 0 aromatic rings. The first-order valence-electron chi connectivity index (χ1n) is 8.16. The molecular weight excluding hydrogens is 220 g/mol. The second-order valence-electron chi connectivity index (χ2n) is 6.83. The molecule has 0 spiro atoms. The Bertz CT molecular complexity index is 225. The average Bonchev–Trinajstić information content (AvgIpc) is 2.68. The summed E-state index contributed by atoms with van der Waals surface area (Å²) in [6, 6.07) is 0.831. The summed E-state index contributed by atoms with van der Waals surface area (Å²) in [6.07, 6.45) is 15.5. The first-order chi connectivity index (χ1) is 8.76. The highest BCUT2D eigenvalue weighted by Gasteiger charge is 2.33. The minimum Gasteiger partial charge on any atom is -0.330 e. The van der Waals surface area contributed by atoms with Gasteiger partial charge in [0.15, 0.2) is 0 Å². The molecule has 0 aromatic carbocycles. The molecule has 2 heteroatoms. The van der Waals surface area contributed by atoms with Crippen molar-refractivity contribution in [2.45, 2.75) is 76.7 Å². The van der Waals surface area contributed by atoms with Gasteiger partial charge in [-0.1, -0.05) is 44.9 Å². The summed E-state index contributed by atoms with van der Waals surface area (Å²) in [6.45, 7) is 2.14. The Kier molecular flexibility index (Phi) is 5.50. The zero-order chi connectivity index (χ0) is 12.8. The molecule has 2 nitrogen and oxygen atoms in total. The van der Waals surface area contributed by atoms with Crippen LogP contribution in [-0.4, -0.2) is 31.1 Å². The molecule has 2 N–H and O–H groups in total. The van der Waals surface area contributed by atoms with Crippen molar-refractivity contribution in [3.63, 3.8) is 0 Å². The Hall–Kier alpha value is -0.0800. The van der Waals surface area contributed by atoms with Gasteiger partial charge in [0.25, 0.3) is 0 Å². The molecule has 0 atom stereocenters. The highest BCUT2D eigenvalue weighted by atomic mass is 15.1. The van der Waals surface area contributed by atoms with Crippen LogP contribution in [-0.2, 0) is 0 Å². The van der Waals surface area contributed by atoms with Crippen molar-refractivity contribution in [1.82, 2.24) is 4.90 Å². The second kappa shape index (κ2) is 6.91. The van der Waals surface area contributed by atoms with Crippen LogP contribution in [0.4, 0.5) is 0 Å². The summed E-state index contributed by atoms with van der Waals surface area (Å²) in [5, 5.41) is 0. The number of nitrogens with zero attached hydrogens (tertiary/aromatic N) is 1. The Morgan fingerprint density at radius 3 is 2.06 bits per heavy atom. The lowest BCUT2D eigenvalue weighted by molar-refractivity contribution is 0.0950. The Labute approximate surface area is 113 Å². The van der Waals surface area contributed by atoms with E-state index >= 15 is 0 Å². The molecule has 2 aliphatic rings. The van der Waals surface area contributed by atoms with E-state index in [4.69, 9.17) is 5.73 Å². The van der Waals surface area contributed by atoms with Gasteiger partial charge in [-0.25, -0.2) is 0 Å². The first kappa shape index (κ1) is 14.3. The molecule has 0 bridgehead atoms. The Morgan fingerprint density at radius 1 is 0.944 bits per heavy atom. The van der Waals surface area contributed by atoms with Crippen molar-refractivity contribution in [2.75, 3.05) is 20.1 Å². The lowest BCUT2D eigenvalue weighted by atomic mass is 9.73. The van der Waals surface area contributed by atoms with Gasteiger partial charge in [0.05, 0.1) is 0 Å². The number of nitrogens with two attached hydrogens (primary N) is 1. The normalized spacial score (nSPS) is 26.2. The van der Waals surface area contributed by atoms with Crippen LogP contribution in [0, 0.1) is 5.41 Å². The van der Waals surface area contributed by atoms with Crippen molar-refractivity contribution >= 4 is 0 Å². The highest BCUT2D eigenvalue weighted by molar-refractivity contribution is 4.88. The Balaban J connectivity index is 1.89. The molecule has 2 fully saturated rings. The zero-order valence-electron chi connectivity index (χ0n) is 12.3. The molecule has 0 radical (unpaired) electrons. The van der Waals surface area contributed by atoms with Gasteiger partial charge < -0.3 is 10.6 Å². The molecule has 18 heavy (non-hydrogen) atoms. The molecule has 0 heterocycles. The van der Waals surface area contributed by atoms with Crippen molar-refractivity contribution in [3.8, 4) is 0 Å².